The maximum Gasteiger partial charge on any atom is 0.266 e. The average Bonchev–Trinajstić information content (AvgIpc) is 2.99. The largest absolute Gasteiger partial charge is 0.337 e. The Morgan fingerprint density at radius 3 is 2.76 bits per heavy atom. The fourth-order valence-corrected chi connectivity index (χ4v) is 2.12. The number of nitrogens with zero attached hydrogens (tertiary/aromatic N) is 5. The van der Waals surface area contributed by atoms with Gasteiger partial charge in [-0.15, -0.1) is 0 Å². The zero-order valence-corrected chi connectivity index (χ0v) is 9.83. The third-order valence-corrected chi connectivity index (χ3v) is 3.49. The van der Waals surface area contributed by atoms with Crippen molar-refractivity contribution in [3.05, 3.63) is 5.89 Å². The highest BCUT2D eigenvalue weighted by molar-refractivity contribution is 5.30. The summed E-state index contributed by atoms with van der Waals surface area (Å²) >= 11 is 0. The molecular weight excluding hydrogens is 218 g/mol. The molecule has 1 saturated heterocycles. The number of anilines is 1. The van der Waals surface area contributed by atoms with Crippen molar-refractivity contribution < 1.29 is 4.52 Å². The van der Waals surface area contributed by atoms with Crippen molar-refractivity contribution in [2.45, 2.75) is 12.3 Å². The number of aromatic nitrogens is 2. The predicted octanol–water partition coefficient (Wildman–Crippen LogP) is 0.448. The van der Waals surface area contributed by atoms with Gasteiger partial charge in [0.15, 0.2) is 0 Å². The summed E-state index contributed by atoms with van der Waals surface area (Å²) in [6.45, 7) is 3.91. The number of nitriles is 1. The maximum atomic E-state index is 8.77. The Morgan fingerprint density at radius 2 is 2.12 bits per heavy atom. The first-order valence-electron chi connectivity index (χ1n) is 5.94. The third-order valence-electron chi connectivity index (χ3n) is 3.49. The Morgan fingerprint density at radius 1 is 1.35 bits per heavy atom. The van der Waals surface area contributed by atoms with E-state index in [4.69, 9.17) is 9.78 Å². The second kappa shape index (κ2) is 4.00. The van der Waals surface area contributed by atoms with Crippen LogP contribution in [0, 0.1) is 17.2 Å². The Bertz CT molecular complexity index is 443. The van der Waals surface area contributed by atoms with Crippen LogP contribution in [0.3, 0.4) is 0 Å². The second-order valence-electron chi connectivity index (χ2n) is 4.80. The van der Waals surface area contributed by atoms with Crippen LogP contribution in [0.5, 0.6) is 0 Å². The molecular formula is C11H15N5O. The maximum absolute atomic E-state index is 8.77. The van der Waals surface area contributed by atoms with Gasteiger partial charge >= 0.3 is 0 Å². The van der Waals surface area contributed by atoms with Gasteiger partial charge in [0, 0.05) is 26.2 Å². The SMILES string of the molecule is CN1CCN(c2noc(C3CC3C#N)n2)CC1. The minimum Gasteiger partial charge on any atom is -0.337 e. The first-order valence-corrected chi connectivity index (χ1v) is 5.94. The molecule has 1 aliphatic carbocycles. The Balaban J connectivity index is 1.67. The molecule has 2 aliphatic rings. The first-order chi connectivity index (χ1) is 8.28. The summed E-state index contributed by atoms with van der Waals surface area (Å²) in [5.74, 6) is 1.56. The van der Waals surface area contributed by atoms with Crippen LogP contribution in [0.2, 0.25) is 0 Å². The molecule has 17 heavy (non-hydrogen) atoms. The molecule has 2 heterocycles. The summed E-state index contributed by atoms with van der Waals surface area (Å²) in [7, 11) is 2.11. The van der Waals surface area contributed by atoms with Crippen molar-refractivity contribution in [2.75, 3.05) is 38.1 Å². The van der Waals surface area contributed by atoms with Crippen molar-refractivity contribution in [3.63, 3.8) is 0 Å². The molecule has 1 saturated carbocycles. The summed E-state index contributed by atoms with van der Waals surface area (Å²) < 4.78 is 5.23. The molecule has 90 valence electrons. The number of hydrogen-bond acceptors (Lipinski definition) is 6. The molecule has 0 N–H and O–H groups in total. The molecule has 6 nitrogen and oxygen atoms in total. The number of rotatable bonds is 2. The Hall–Kier alpha value is -1.61. The van der Waals surface area contributed by atoms with Gasteiger partial charge in [0.2, 0.25) is 5.89 Å². The number of hydrogen-bond donors (Lipinski definition) is 0. The normalized spacial score (nSPS) is 29.1. The summed E-state index contributed by atoms with van der Waals surface area (Å²) in [5.41, 5.74) is 0. The van der Waals surface area contributed by atoms with Gasteiger partial charge in [-0.3, -0.25) is 0 Å². The highest BCUT2D eigenvalue weighted by Gasteiger charge is 2.43. The van der Waals surface area contributed by atoms with Crippen LogP contribution in [0.4, 0.5) is 5.95 Å². The van der Waals surface area contributed by atoms with Gasteiger partial charge < -0.3 is 14.3 Å². The van der Waals surface area contributed by atoms with Crippen molar-refractivity contribution in [2.24, 2.45) is 5.92 Å². The lowest BCUT2D eigenvalue weighted by Crippen LogP contribution is -2.44. The van der Waals surface area contributed by atoms with Crippen molar-refractivity contribution >= 4 is 5.95 Å². The summed E-state index contributed by atoms with van der Waals surface area (Å²) in [6.07, 6.45) is 0.862. The lowest BCUT2D eigenvalue weighted by molar-refractivity contribution is 0.308. The summed E-state index contributed by atoms with van der Waals surface area (Å²) in [4.78, 5) is 8.82. The van der Waals surface area contributed by atoms with E-state index in [1.54, 1.807) is 0 Å². The van der Waals surface area contributed by atoms with E-state index in [9.17, 15) is 0 Å². The lowest BCUT2D eigenvalue weighted by Gasteiger charge is -2.31. The van der Waals surface area contributed by atoms with Gasteiger partial charge in [-0.05, 0) is 18.6 Å². The fourth-order valence-electron chi connectivity index (χ4n) is 2.12. The molecule has 1 aliphatic heterocycles. The van der Waals surface area contributed by atoms with Gasteiger partial charge in [-0.2, -0.15) is 10.2 Å². The third kappa shape index (κ3) is 1.98. The van der Waals surface area contributed by atoms with Crippen LogP contribution >= 0.6 is 0 Å². The molecule has 0 spiro atoms. The highest BCUT2D eigenvalue weighted by Crippen LogP contribution is 2.46. The predicted molar refractivity (Wildman–Crippen MR) is 60.5 cm³/mol. The van der Waals surface area contributed by atoms with E-state index in [2.05, 4.69) is 33.1 Å². The van der Waals surface area contributed by atoms with E-state index in [0.717, 1.165) is 32.6 Å². The summed E-state index contributed by atoms with van der Waals surface area (Å²) in [5, 5.41) is 12.8. The molecule has 2 atom stereocenters. The van der Waals surface area contributed by atoms with E-state index in [-0.39, 0.29) is 11.8 Å². The molecule has 0 bridgehead atoms. The van der Waals surface area contributed by atoms with E-state index < -0.39 is 0 Å². The monoisotopic (exact) mass is 233 g/mol. The van der Waals surface area contributed by atoms with Gasteiger partial charge in [0.05, 0.1) is 17.9 Å². The van der Waals surface area contributed by atoms with Crippen molar-refractivity contribution in [1.29, 1.82) is 5.26 Å². The topological polar surface area (TPSA) is 69.2 Å². The molecule has 1 aromatic rings. The van der Waals surface area contributed by atoms with Gasteiger partial charge in [-0.25, -0.2) is 0 Å². The van der Waals surface area contributed by atoms with E-state index >= 15 is 0 Å². The number of likely N-dealkylation sites (N-methyl/N-ethyl adjacent to an activating group) is 1. The molecule has 2 unspecified atom stereocenters. The molecule has 6 heteroatoms. The van der Waals surface area contributed by atoms with Gasteiger partial charge in [0.25, 0.3) is 5.95 Å². The molecule has 3 rings (SSSR count). The smallest absolute Gasteiger partial charge is 0.266 e. The Labute approximate surface area is 99.8 Å². The van der Waals surface area contributed by atoms with Gasteiger partial charge in [-0.1, -0.05) is 0 Å². The quantitative estimate of drug-likeness (QED) is 0.738. The van der Waals surface area contributed by atoms with Crippen LogP contribution in [0.1, 0.15) is 18.2 Å². The van der Waals surface area contributed by atoms with Crippen molar-refractivity contribution in [1.82, 2.24) is 15.0 Å². The minimum atomic E-state index is 0.0794. The summed E-state index contributed by atoms with van der Waals surface area (Å²) in [6, 6.07) is 2.23. The molecule has 0 radical (unpaired) electrons. The van der Waals surface area contributed by atoms with E-state index in [0.29, 0.717) is 11.8 Å². The van der Waals surface area contributed by atoms with Gasteiger partial charge in [0.1, 0.15) is 0 Å². The molecule has 1 aromatic heterocycles. The molecule has 2 fully saturated rings. The van der Waals surface area contributed by atoms with E-state index in [1.807, 2.05) is 0 Å². The standard InChI is InChI=1S/C11H15N5O/c1-15-2-4-16(5-3-15)11-13-10(17-14-11)9-6-8(9)7-12/h8-9H,2-6H2,1H3. The van der Waals surface area contributed by atoms with Crippen LogP contribution in [-0.2, 0) is 0 Å². The zero-order valence-electron chi connectivity index (χ0n) is 9.83. The van der Waals surface area contributed by atoms with Crippen LogP contribution in [0.25, 0.3) is 0 Å². The minimum absolute atomic E-state index is 0.0794. The van der Waals surface area contributed by atoms with E-state index in [1.165, 1.54) is 0 Å². The first kappa shape index (κ1) is 10.5. The lowest BCUT2D eigenvalue weighted by atomic mass is 10.3. The molecule has 0 aromatic carbocycles. The van der Waals surface area contributed by atoms with Crippen LogP contribution in [-0.4, -0.2) is 48.3 Å². The average molecular weight is 233 g/mol. The second-order valence-corrected chi connectivity index (χ2v) is 4.80. The molecule has 0 amide bonds. The van der Waals surface area contributed by atoms with Crippen LogP contribution < -0.4 is 4.90 Å². The van der Waals surface area contributed by atoms with Crippen molar-refractivity contribution in [3.8, 4) is 6.07 Å². The van der Waals surface area contributed by atoms with Crippen LogP contribution in [0.15, 0.2) is 4.52 Å². The highest BCUT2D eigenvalue weighted by atomic mass is 16.5. The fraction of sp³-hybridized carbons (Fsp3) is 0.727. The zero-order chi connectivity index (χ0) is 11.8. The number of piperazine rings is 1. The Kier molecular flexibility index (Phi) is 2.48.